The molecule has 2 aromatic rings. The summed E-state index contributed by atoms with van der Waals surface area (Å²) in [5.74, 6) is -2.28. The Morgan fingerprint density at radius 3 is 2.47 bits per heavy atom. The quantitative estimate of drug-likeness (QED) is 0.731. The maximum absolute atomic E-state index is 12.6. The van der Waals surface area contributed by atoms with E-state index in [-0.39, 0.29) is 24.8 Å². The van der Waals surface area contributed by atoms with Gasteiger partial charge in [-0.1, -0.05) is 0 Å². The molecular weight excluding hydrogens is 416 g/mol. The Morgan fingerprint density at radius 1 is 1.19 bits per heavy atom. The van der Waals surface area contributed by atoms with Crippen LogP contribution < -0.4 is 5.32 Å². The van der Waals surface area contributed by atoms with Crippen molar-refractivity contribution in [1.82, 2.24) is 24.5 Å². The molecule has 3 fully saturated rings. The topological polar surface area (TPSA) is 70.0 Å². The first kappa shape index (κ1) is 24.1. The summed E-state index contributed by atoms with van der Waals surface area (Å²) in [4.78, 5) is 31.4. The molecule has 4 heterocycles. The van der Waals surface area contributed by atoms with Crippen LogP contribution >= 0.6 is 0 Å². The lowest BCUT2D eigenvalue weighted by molar-refractivity contribution is -0.110. The van der Waals surface area contributed by atoms with E-state index >= 15 is 0 Å². The van der Waals surface area contributed by atoms with Gasteiger partial charge in [0.15, 0.2) is 0 Å². The molecule has 2 aliphatic heterocycles. The third-order valence-electron chi connectivity index (χ3n) is 6.11. The van der Waals surface area contributed by atoms with Crippen LogP contribution in [0, 0.1) is 0 Å². The lowest BCUT2D eigenvalue weighted by atomic mass is 9.95. The molecule has 2 amide bonds. The number of pyridine rings is 1. The zero-order valence-electron chi connectivity index (χ0n) is 18.7. The number of hydrogen-bond acceptors (Lipinski definition) is 4. The first-order chi connectivity index (χ1) is 15.4. The average Bonchev–Trinajstić information content (AvgIpc) is 3.45. The highest BCUT2D eigenvalue weighted by Gasteiger charge is 2.36. The molecule has 3 aliphatic rings. The van der Waals surface area contributed by atoms with E-state index in [2.05, 4.69) is 22.2 Å². The Balaban J connectivity index is 0.000000195. The Morgan fingerprint density at radius 2 is 1.91 bits per heavy atom. The predicted molar refractivity (Wildman–Crippen MR) is 119 cm³/mol. The van der Waals surface area contributed by atoms with Gasteiger partial charge in [-0.2, -0.15) is 0 Å². The highest BCUT2D eigenvalue weighted by molar-refractivity contribution is 6.00. The Kier molecular flexibility index (Phi) is 8.55. The van der Waals surface area contributed by atoms with Crippen LogP contribution in [0.2, 0.25) is 0 Å². The van der Waals surface area contributed by atoms with Gasteiger partial charge in [0.25, 0.3) is 5.91 Å². The fraction of sp³-hybridized carbons (Fsp3) is 0.609. The van der Waals surface area contributed by atoms with Gasteiger partial charge >= 0.3 is 0 Å². The highest BCUT2D eigenvalue weighted by Crippen LogP contribution is 2.36. The van der Waals surface area contributed by atoms with Crippen molar-refractivity contribution in [2.24, 2.45) is 0 Å². The van der Waals surface area contributed by atoms with Gasteiger partial charge in [-0.3, -0.25) is 9.59 Å². The number of fused-ring (bicyclic) bond motifs is 1. The summed E-state index contributed by atoms with van der Waals surface area (Å²) in [5, 5.41) is 2.76. The number of nitrogens with one attached hydrogen (secondary N) is 1. The molecule has 1 N–H and O–H groups in total. The number of alkyl halides is 2. The summed E-state index contributed by atoms with van der Waals surface area (Å²) in [6, 6.07) is 3.71. The number of likely N-dealkylation sites (tertiary alicyclic amines) is 2. The van der Waals surface area contributed by atoms with Gasteiger partial charge in [-0.05, 0) is 64.4 Å². The molecule has 0 aromatic carbocycles. The number of imidazole rings is 1. The Labute approximate surface area is 187 Å². The molecule has 1 aliphatic carbocycles. The fourth-order valence-corrected chi connectivity index (χ4v) is 4.01. The monoisotopic (exact) mass is 449 g/mol. The summed E-state index contributed by atoms with van der Waals surface area (Å²) in [5.41, 5.74) is 1.46. The number of hydrogen-bond donors (Lipinski definition) is 1. The lowest BCUT2D eigenvalue weighted by Crippen LogP contribution is -2.47. The number of amides is 2. The summed E-state index contributed by atoms with van der Waals surface area (Å²) < 4.78 is 24.9. The molecule has 0 bridgehead atoms. The molecule has 5 rings (SSSR count). The maximum Gasteiger partial charge on any atom is 0.256 e. The minimum atomic E-state index is -2.28. The van der Waals surface area contributed by atoms with E-state index in [4.69, 9.17) is 0 Å². The van der Waals surface area contributed by atoms with Crippen molar-refractivity contribution in [3.63, 3.8) is 0 Å². The summed E-state index contributed by atoms with van der Waals surface area (Å²) in [7, 11) is 2.17. The largest absolute Gasteiger partial charge is 0.354 e. The van der Waals surface area contributed by atoms with Crippen molar-refractivity contribution in [3.05, 3.63) is 36.4 Å². The molecule has 176 valence electrons. The molecular formula is C23H33F2N5O2. The maximum atomic E-state index is 12.6. The number of rotatable bonds is 3. The number of aromatic nitrogens is 2. The second-order valence-corrected chi connectivity index (χ2v) is 8.70. The standard InChI is InChI=1S/C14H16N4O2.C5H11N.C4H6F2/c19-10-16-11-3-1-5-17(8-11)14(20)12-4-2-6-18-9-15-7-13(12)18;1-6-4-2-3-5-6;5-4(6)2-1-3-4/h2,4,6-7,9-11H,1,3,5,8H2,(H,16,19);2-5H2,1H3;1-3H2. The molecule has 1 atom stereocenters. The lowest BCUT2D eigenvalue weighted by Gasteiger charge is -2.32. The number of halogens is 2. The fourth-order valence-electron chi connectivity index (χ4n) is 4.01. The first-order valence-electron chi connectivity index (χ1n) is 11.4. The van der Waals surface area contributed by atoms with Gasteiger partial charge in [0.2, 0.25) is 12.3 Å². The zero-order chi connectivity index (χ0) is 23.0. The minimum absolute atomic E-state index is 0.00602. The van der Waals surface area contributed by atoms with Crippen LogP contribution in [0.5, 0.6) is 0 Å². The Hall–Kier alpha value is -2.55. The van der Waals surface area contributed by atoms with E-state index in [0.717, 1.165) is 24.9 Å². The van der Waals surface area contributed by atoms with Gasteiger partial charge in [0.1, 0.15) is 0 Å². The van der Waals surface area contributed by atoms with Crippen LogP contribution in [0.1, 0.15) is 55.3 Å². The normalized spacial score (nSPS) is 22.1. The summed E-state index contributed by atoms with van der Waals surface area (Å²) >= 11 is 0. The van der Waals surface area contributed by atoms with Gasteiger partial charge in [-0.15, -0.1) is 0 Å². The van der Waals surface area contributed by atoms with E-state index in [1.807, 2.05) is 22.7 Å². The van der Waals surface area contributed by atoms with E-state index < -0.39 is 5.92 Å². The first-order valence-corrected chi connectivity index (χ1v) is 11.4. The SMILES string of the molecule is CN1CCCC1.FC1(F)CCC1.O=CNC1CCCN(C(=O)c2cccn3cncc23)C1. The predicted octanol–water partition coefficient (Wildman–Crippen LogP) is 3.20. The third-order valence-corrected chi connectivity index (χ3v) is 6.11. The van der Waals surface area contributed by atoms with Crippen LogP contribution in [-0.4, -0.2) is 76.7 Å². The van der Waals surface area contributed by atoms with E-state index in [1.165, 1.54) is 25.9 Å². The molecule has 1 unspecified atom stereocenters. The van der Waals surface area contributed by atoms with Gasteiger partial charge in [0.05, 0.1) is 23.6 Å². The van der Waals surface area contributed by atoms with Crippen molar-refractivity contribution in [2.45, 2.75) is 56.9 Å². The smallest absolute Gasteiger partial charge is 0.256 e. The highest BCUT2D eigenvalue weighted by atomic mass is 19.3. The van der Waals surface area contributed by atoms with Crippen molar-refractivity contribution in [2.75, 3.05) is 33.2 Å². The zero-order valence-corrected chi connectivity index (χ0v) is 18.7. The van der Waals surface area contributed by atoms with Gasteiger partial charge < -0.3 is 19.5 Å². The molecule has 2 aromatic heterocycles. The van der Waals surface area contributed by atoms with Gasteiger partial charge in [-0.25, -0.2) is 13.8 Å². The molecule has 7 nitrogen and oxygen atoms in total. The van der Waals surface area contributed by atoms with Gasteiger partial charge in [0, 0.05) is 38.2 Å². The number of carbonyl (C=O) groups is 2. The van der Waals surface area contributed by atoms with Crippen molar-refractivity contribution < 1.29 is 18.4 Å². The second-order valence-electron chi connectivity index (χ2n) is 8.70. The van der Waals surface area contributed by atoms with Crippen LogP contribution in [0.25, 0.3) is 5.52 Å². The van der Waals surface area contributed by atoms with E-state index in [0.29, 0.717) is 24.9 Å². The summed E-state index contributed by atoms with van der Waals surface area (Å²) in [6.45, 7) is 3.93. The van der Waals surface area contributed by atoms with E-state index in [9.17, 15) is 18.4 Å². The molecule has 1 saturated carbocycles. The summed E-state index contributed by atoms with van der Waals surface area (Å²) in [6.07, 6.45) is 11.5. The van der Waals surface area contributed by atoms with E-state index in [1.54, 1.807) is 17.4 Å². The van der Waals surface area contributed by atoms with Crippen molar-refractivity contribution in [3.8, 4) is 0 Å². The molecule has 0 spiro atoms. The van der Waals surface area contributed by atoms with Crippen molar-refractivity contribution >= 4 is 17.8 Å². The molecule has 2 saturated heterocycles. The number of nitrogens with zero attached hydrogens (tertiary/aromatic N) is 4. The Bertz CT molecular complexity index is 876. The average molecular weight is 450 g/mol. The number of carbonyl (C=O) groups excluding carboxylic acids is 2. The molecule has 0 radical (unpaired) electrons. The minimum Gasteiger partial charge on any atom is -0.354 e. The third kappa shape index (κ3) is 6.72. The van der Waals surface area contributed by atoms with Crippen LogP contribution in [0.4, 0.5) is 8.78 Å². The van der Waals surface area contributed by atoms with Crippen molar-refractivity contribution in [1.29, 1.82) is 0 Å². The van der Waals surface area contributed by atoms with Crippen LogP contribution in [0.3, 0.4) is 0 Å². The molecule has 32 heavy (non-hydrogen) atoms. The van der Waals surface area contributed by atoms with Crippen LogP contribution in [-0.2, 0) is 4.79 Å². The van der Waals surface area contributed by atoms with Crippen LogP contribution in [0.15, 0.2) is 30.9 Å². The second kappa shape index (κ2) is 11.4. The number of piperidine rings is 1. The molecule has 9 heteroatoms.